The molecule has 0 aliphatic rings. The molecule has 0 spiro atoms. The van der Waals surface area contributed by atoms with E-state index in [0.717, 1.165) is 50.0 Å². The standard InChI is InChI=1S/C18H25ClN4O/c1-13-16(12-14-6-8-15(19)9-7-14)17(24)23-18(22-13)21-11-5-3-2-4-10-20/h6-9H,2-5,10-12,20H2,1H3,(H2,21,22,23,24). The van der Waals surface area contributed by atoms with Crippen LogP contribution in [-0.4, -0.2) is 23.1 Å². The molecule has 2 aromatic rings. The Morgan fingerprint density at radius 1 is 1.17 bits per heavy atom. The summed E-state index contributed by atoms with van der Waals surface area (Å²) in [6, 6.07) is 7.51. The monoisotopic (exact) mass is 348 g/mol. The summed E-state index contributed by atoms with van der Waals surface area (Å²) < 4.78 is 0. The number of aromatic nitrogens is 2. The molecule has 0 atom stereocenters. The zero-order chi connectivity index (χ0) is 17.4. The predicted molar refractivity (Wildman–Crippen MR) is 99.9 cm³/mol. The van der Waals surface area contributed by atoms with Crippen molar-refractivity contribution in [3.05, 3.63) is 56.5 Å². The largest absolute Gasteiger partial charge is 0.356 e. The number of unbranched alkanes of at least 4 members (excludes halogenated alkanes) is 3. The number of nitrogens with one attached hydrogen (secondary N) is 2. The first-order chi connectivity index (χ1) is 11.6. The lowest BCUT2D eigenvalue weighted by Crippen LogP contribution is -2.20. The van der Waals surface area contributed by atoms with E-state index in [4.69, 9.17) is 17.3 Å². The van der Waals surface area contributed by atoms with E-state index in [0.29, 0.717) is 23.0 Å². The van der Waals surface area contributed by atoms with Crippen molar-refractivity contribution < 1.29 is 0 Å². The zero-order valence-electron chi connectivity index (χ0n) is 14.1. The topological polar surface area (TPSA) is 83.8 Å². The van der Waals surface area contributed by atoms with Crippen molar-refractivity contribution in [2.45, 2.75) is 39.0 Å². The molecule has 0 aliphatic heterocycles. The van der Waals surface area contributed by atoms with Gasteiger partial charge in [-0.25, -0.2) is 4.98 Å². The Kier molecular flexibility index (Phi) is 7.28. The van der Waals surface area contributed by atoms with Crippen LogP contribution in [0.4, 0.5) is 5.95 Å². The Hall–Kier alpha value is -1.85. The molecule has 2 rings (SSSR count). The second-order valence-electron chi connectivity index (χ2n) is 5.91. The number of hydrogen-bond acceptors (Lipinski definition) is 4. The highest BCUT2D eigenvalue weighted by Gasteiger charge is 2.09. The number of nitrogens with zero attached hydrogens (tertiary/aromatic N) is 1. The van der Waals surface area contributed by atoms with Crippen LogP contribution in [0, 0.1) is 6.92 Å². The Morgan fingerprint density at radius 3 is 2.54 bits per heavy atom. The lowest BCUT2D eigenvalue weighted by atomic mass is 10.1. The van der Waals surface area contributed by atoms with Gasteiger partial charge in [0.2, 0.25) is 5.95 Å². The van der Waals surface area contributed by atoms with Crippen molar-refractivity contribution in [1.29, 1.82) is 0 Å². The van der Waals surface area contributed by atoms with Crippen LogP contribution in [0.1, 0.15) is 42.5 Å². The summed E-state index contributed by atoms with van der Waals surface area (Å²) in [4.78, 5) is 19.6. The van der Waals surface area contributed by atoms with Gasteiger partial charge in [0.15, 0.2) is 0 Å². The maximum Gasteiger partial charge on any atom is 0.256 e. The van der Waals surface area contributed by atoms with Gasteiger partial charge in [-0.15, -0.1) is 0 Å². The van der Waals surface area contributed by atoms with Crippen LogP contribution in [0.5, 0.6) is 0 Å². The molecule has 4 N–H and O–H groups in total. The van der Waals surface area contributed by atoms with Crippen molar-refractivity contribution in [2.24, 2.45) is 5.73 Å². The Balaban J connectivity index is 1.95. The molecule has 0 unspecified atom stereocenters. The molecule has 1 heterocycles. The number of hydrogen-bond donors (Lipinski definition) is 3. The van der Waals surface area contributed by atoms with Crippen LogP contribution >= 0.6 is 11.6 Å². The minimum Gasteiger partial charge on any atom is -0.356 e. The summed E-state index contributed by atoms with van der Waals surface area (Å²) in [5, 5.41) is 3.87. The Morgan fingerprint density at radius 2 is 1.88 bits per heavy atom. The second kappa shape index (κ2) is 9.45. The van der Waals surface area contributed by atoms with E-state index in [1.807, 2.05) is 31.2 Å². The summed E-state index contributed by atoms with van der Waals surface area (Å²) in [6.07, 6.45) is 4.91. The lowest BCUT2D eigenvalue weighted by molar-refractivity contribution is 0.660. The van der Waals surface area contributed by atoms with Crippen molar-refractivity contribution in [2.75, 3.05) is 18.4 Å². The maximum atomic E-state index is 12.3. The molecule has 1 aromatic heterocycles. The number of aryl methyl sites for hydroxylation is 1. The summed E-state index contributed by atoms with van der Waals surface area (Å²) in [7, 11) is 0. The Bertz CT molecular complexity index is 697. The van der Waals surface area contributed by atoms with Crippen molar-refractivity contribution >= 4 is 17.5 Å². The predicted octanol–water partition coefficient (Wildman–Crippen LogP) is 3.25. The molecule has 0 bridgehead atoms. The third-order valence-corrected chi connectivity index (χ3v) is 4.19. The van der Waals surface area contributed by atoms with Crippen LogP contribution in [-0.2, 0) is 6.42 Å². The highest BCUT2D eigenvalue weighted by molar-refractivity contribution is 6.30. The summed E-state index contributed by atoms with van der Waals surface area (Å²) in [6.45, 7) is 3.41. The molecule has 6 heteroatoms. The summed E-state index contributed by atoms with van der Waals surface area (Å²) in [5.74, 6) is 0.538. The van der Waals surface area contributed by atoms with Crippen molar-refractivity contribution in [1.82, 2.24) is 9.97 Å². The van der Waals surface area contributed by atoms with Gasteiger partial charge in [0, 0.05) is 23.6 Å². The fourth-order valence-corrected chi connectivity index (χ4v) is 2.66. The molecule has 0 radical (unpaired) electrons. The smallest absolute Gasteiger partial charge is 0.256 e. The van der Waals surface area contributed by atoms with Gasteiger partial charge in [-0.3, -0.25) is 9.78 Å². The SMILES string of the molecule is Cc1nc(NCCCCCCN)[nH]c(=O)c1Cc1ccc(Cl)cc1. The first kappa shape index (κ1) is 18.5. The van der Waals surface area contributed by atoms with Crippen molar-refractivity contribution in [3.8, 4) is 0 Å². The van der Waals surface area contributed by atoms with Gasteiger partial charge in [0.25, 0.3) is 5.56 Å². The minimum atomic E-state index is -0.0944. The average molecular weight is 349 g/mol. The molecule has 5 nitrogen and oxygen atoms in total. The van der Waals surface area contributed by atoms with Gasteiger partial charge in [-0.1, -0.05) is 36.6 Å². The maximum absolute atomic E-state index is 12.3. The van der Waals surface area contributed by atoms with Crippen LogP contribution in [0.3, 0.4) is 0 Å². The fourth-order valence-electron chi connectivity index (χ4n) is 2.54. The van der Waals surface area contributed by atoms with Gasteiger partial charge < -0.3 is 11.1 Å². The molecule has 0 aliphatic carbocycles. The lowest BCUT2D eigenvalue weighted by Gasteiger charge is -2.09. The third kappa shape index (κ3) is 5.65. The van der Waals surface area contributed by atoms with Crippen molar-refractivity contribution in [3.63, 3.8) is 0 Å². The van der Waals surface area contributed by atoms with E-state index in [9.17, 15) is 4.79 Å². The van der Waals surface area contributed by atoms with Crippen LogP contribution in [0.2, 0.25) is 5.02 Å². The fraction of sp³-hybridized carbons (Fsp3) is 0.444. The normalized spacial score (nSPS) is 10.8. The van der Waals surface area contributed by atoms with E-state index in [-0.39, 0.29) is 5.56 Å². The average Bonchev–Trinajstić information content (AvgIpc) is 2.56. The number of benzene rings is 1. The van der Waals surface area contributed by atoms with E-state index in [1.165, 1.54) is 0 Å². The highest BCUT2D eigenvalue weighted by atomic mass is 35.5. The minimum absolute atomic E-state index is 0.0944. The van der Waals surface area contributed by atoms with E-state index >= 15 is 0 Å². The molecule has 1 aromatic carbocycles. The molecule has 24 heavy (non-hydrogen) atoms. The number of H-pyrrole nitrogens is 1. The zero-order valence-corrected chi connectivity index (χ0v) is 14.8. The van der Waals surface area contributed by atoms with Crippen LogP contribution < -0.4 is 16.6 Å². The Labute approximate surface area is 147 Å². The van der Waals surface area contributed by atoms with Crippen LogP contribution in [0.15, 0.2) is 29.1 Å². The summed E-state index contributed by atoms with van der Waals surface area (Å²) >= 11 is 5.89. The first-order valence-corrected chi connectivity index (χ1v) is 8.76. The summed E-state index contributed by atoms with van der Waals surface area (Å²) in [5.41, 5.74) is 7.85. The first-order valence-electron chi connectivity index (χ1n) is 8.38. The number of rotatable bonds is 9. The molecule has 0 fully saturated rings. The second-order valence-corrected chi connectivity index (χ2v) is 6.35. The molecule has 0 saturated heterocycles. The number of nitrogens with two attached hydrogens (primary N) is 1. The number of anilines is 1. The highest BCUT2D eigenvalue weighted by Crippen LogP contribution is 2.14. The molecule has 0 amide bonds. The number of aromatic amines is 1. The number of halogens is 1. The third-order valence-electron chi connectivity index (χ3n) is 3.94. The van der Waals surface area contributed by atoms with Gasteiger partial charge in [0.1, 0.15) is 0 Å². The molecular weight excluding hydrogens is 324 g/mol. The quantitative estimate of drug-likeness (QED) is 0.607. The molecule has 130 valence electrons. The van der Waals surface area contributed by atoms with Gasteiger partial charge in [0.05, 0.1) is 5.69 Å². The van der Waals surface area contributed by atoms with E-state index < -0.39 is 0 Å². The van der Waals surface area contributed by atoms with Gasteiger partial charge >= 0.3 is 0 Å². The van der Waals surface area contributed by atoms with Gasteiger partial charge in [-0.2, -0.15) is 0 Å². The molecular formula is C18H25ClN4O. The molecule has 0 saturated carbocycles. The van der Waals surface area contributed by atoms with Gasteiger partial charge in [-0.05, 0) is 44.0 Å². The van der Waals surface area contributed by atoms with E-state index in [2.05, 4.69) is 15.3 Å². The van der Waals surface area contributed by atoms with E-state index in [1.54, 1.807) is 0 Å². The van der Waals surface area contributed by atoms with Crippen LogP contribution in [0.25, 0.3) is 0 Å².